The van der Waals surface area contributed by atoms with Crippen molar-refractivity contribution >= 4 is 0 Å². The van der Waals surface area contributed by atoms with Crippen LogP contribution in [0.15, 0.2) is 30.3 Å². The molecule has 0 radical (unpaired) electrons. The molecule has 0 amide bonds. The Morgan fingerprint density at radius 2 is 1.85 bits per heavy atom. The number of benzene rings is 1. The Labute approximate surface area is 124 Å². The molecule has 2 N–H and O–H groups in total. The van der Waals surface area contributed by atoms with Crippen molar-refractivity contribution in [1.29, 1.82) is 0 Å². The largest absolute Gasteiger partial charge is 0.329 e. The minimum absolute atomic E-state index is 0.557. The van der Waals surface area contributed by atoms with Gasteiger partial charge in [-0.3, -0.25) is 4.90 Å². The van der Waals surface area contributed by atoms with Gasteiger partial charge in [-0.1, -0.05) is 44.2 Å². The second kappa shape index (κ2) is 7.80. The van der Waals surface area contributed by atoms with Gasteiger partial charge in [0, 0.05) is 18.6 Å². The number of hydrogen-bond acceptors (Lipinski definition) is 2. The zero-order chi connectivity index (χ0) is 14.4. The fourth-order valence-corrected chi connectivity index (χ4v) is 2.87. The normalized spacial score (nSPS) is 16.9. The average Bonchev–Trinajstić information content (AvgIpc) is 3.27. The fourth-order valence-electron chi connectivity index (χ4n) is 2.87. The first kappa shape index (κ1) is 15.5. The van der Waals surface area contributed by atoms with Crippen LogP contribution in [0.2, 0.25) is 0 Å². The predicted molar refractivity (Wildman–Crippen MR) is 86.8 cm³/mol. The first-order valence-electron chi connectivity index (χ1n) is 8.20. The Balaban J connectivity index is 1.87. The van der Waals surface area contributed by atoms with E-state index in [0.29, 0.717) is 6.04 Å². The molecule has 0 saturated heterocycles. The lowest BCUT2D eigenvalue weighted by Crippen LogP contribution is -2.43. The summed E-state index contributed by atoms with van der Waals surface area (Å²) in [5.41, 5.74) is 7.50. The fraction of sp³-hybridized carbons (Fsp3) is 0.667. The van der Waals surface area contributed by atoms with E-state index >= 15 is 0 Å². The minimum Gasteiger partial charge on any atom is -0.329 e. The van der Waals surface area contributed by atoms with E-state index in [1.54, 1.807) is 0 Å². The first-order valence-corrected chi connectivity index (χ1v) is 8.20. The predicted octanol–water partition coefficient (Wildman–Crippen LogP) is 3.46. The van der Waals surface area contributed by atoms with Gasteiger partial charge in [0.15, 0.2) is 0 Å². The molecule has 0 aromatic heterocycles. The van der Waals surface area contributed by atoms with Crippen LogP contribution in [-0.4, -0.2) is 30.1 Å². The maximum Gasteiger partial charge on any atom is 0.0224 e. The summed E-state index contributed by atoms with van der Waals surface area (Å²) in [7, 11) is 0. The summed E-state index contributed by atoms with van der Waals surface area (Å²) >= 11 is 0. The molecule has 0 heterocycles. The highest BCUT2D eigenvalue weighted by Crippen LogP contribution is 2.30. The van der Waals surface area contributed by atoms with Gasteiger partial charge in [0.2, 0.25) is 0 Å². The molecule has 1 aliphatic carbocycles. The lowest BCUT2D eigenvalue weighted by atomic mass is 10.0. The molecule has 1 aliphatic rings. The van der Waals surface area contributed by atoms with Crippen molar-refractivity contribution in [2.75, 3.05) is 13.1 Å². The molecule has 0 bridgehead atoms. The van der Waals surface area contributed by atoms with Crippen LogP contribution in [0.4, 0.5) is 0 Å². The van der Waals surface area contributed by atoms with E-state index in [4.69, 9.17) is 5.73 Å². The molecule has 0 spiro atoms. The third-order valence-corrected chi connectivity index (χ3v) is 4.33. The summed E-state index contributed by atoms with van der Waals surface area (Å²) in [5, 5.41) is 0. The summed E-state index contributed by atoms with van der Waals surface area (Å²) in [5.74, 6) is 0.781. The Kier molecular flexibility index (Phi) is 6.06. The quantitative estimate of drug-likeness (QED) is 0.747. The summed E-state index contributed by atoms with van der Waals surface area (Å²) < 4.78 is 0. The summed E-state index contributed by atoms with van der Waals surface area (Å²) in [6, 6.07) is 12.2. The van der Waals surface area contributed by atoms with Gasteiger partial charge in [0.1, 0.15) is 0 Å². The van der Waals surface area contributed by atoms with Gasteiger partial charge in [0.05, 0.1) is 0 Å². The van der Waals surface area contributed by atoms with E-state index in [2.05, 4.69) is 49.1 Å². The molecule has 1 saturated carbocycles. The summed E-state index contributed by atoms with van der Waals surface area (Å²) in [6.07, 6.45) is 6.38. The maximum atomic E-state index is 6.07. The Hall–Kier alpha value is -0.860. The lowest BCUT2D eigenvalue weighted by Gasteiger charge is -2.31. The Bertz CT molecular complexity index is 370. The molecule has 2 nitrogen and oxygen atoms in total. The van der Waals surface area contributed by atoms with Gasteiger partial charge in [-0.2, -0.15) is 0 Å². The summed E-state index contributed by atoms with van der Waals surface area (Å²) in [4.78, 5) is 2.70. The number of aryl methyl sites for hydroxylation is 1. The van der Waals surface area contributed by atoms with Gasteiger partial charge in [-0.25, -0.2) is 0 Å². The van der Waals surface area contributed by atoms with Gasteiger partial charge < -0.3 is 5.73 Å². The second-order valence-corrected chi connectivity index (χ2v) is 6.57. The van der Waals surface area contributed by atoms with Crippen molar-refractivity contribution in [3.05, 3.63) is 35.9 Å². The third-order valence-electron chi connectivity index (χ3n) is 4.33. The molecule has 0 aliphatic heterocycles. The number of nitrogens with zero attached hydrogens (tertiary/aromatic N) is 1. The number of hydrogen-bond donors (Lipinski definition) is 1. The van der Waals surface area contributed by atoms with Gasteiger partial charge in [-0.15, -0.1) is 0 Å². The molecule has 1 unspecified atom stereocenters. The van der Waals surface area contributed by atoms with Crippen molar-refractivity contribution in [1.82, 2.24) is 4.90 Å². The monoisotopic (exact) mass is 274 g/mol. The van der Waals surface area contributed by atoms with Crippen LogP contribution in [-0.2, 0) is 6.42 Å². The third kappa shape index (κ3) is 4.92. The van der Waals surface area contributed by atoms with Gasteiger partial charge >= 0.3 is 0 Å². The van der Waals surface area contributed by atoms with Crippen molar-refractivity contribution in [3.8, 4) is 0 Å². The van der Waals surface area contributed by atoms with Crippen molar-refractivity contribution in [3.63, 3.8) is 0 Å². The smallest absolute Gasteiger partial charge is 0.0224 e. The van der Waals surface area contributed by atoms with E-state index in [0.717, 1.165) is 24.9 Å². The first-order chi connectivity index (χ1) is 9.70. The number of nitrogens with two attached hydrogens (primary N) is 1. The van der Waals surface area contributed by atoms with Gasteiger partial charge in [0.25, 0.3) is 0 Å². The highest BCUT2D eigenvalue weighted by molar-refractivity contribution is 5.14. The zero-order valence-corrected chi connectivity index (χ0v) is 13.1. The topological polar surface area (TPSA) is 29.3 Å². The van der Waals surface area contributed by atoms with Gasteiger partial charge in [-0.05, 0) is 50.1 Å². The molecule has 2 rings (SSSR count). The molecule has 2 heteroatoms. The second-order valence-electron chi connectivity index (χ2n) is 6.57. The molecular formula is C18H30N2. The standard InChI is InChI=1S/C18H30N2/c1-15(2)12-13-20(17-10-11-17)18(14-19)9-8-16-6-4-3-5-7-16/h3-7,15,17-18H,8-14,19H2,1-2H3. The van der Waals surface area contributed by atoms with Crippen molar-refractivity contribution in [2.45, 2.75) is 58.0 Å². The molecule has 1 aromatic rings. The van der Waals surface area contributed by atoms with E-state index in [1.165, 1.54) is 37.8 Å². The molecule has 1 aromatic carbocycles. The summed E-state index contributed by atoms with van der Waals surface area (Å²) in [6.45, 7) is 6.64. The Morgan fingerprint density at radius 3 is 2.40 bits per heavy atom. The van der Waals surface area contributed by atoms with E-state index in [-0.39, 0.29) is 0 Å². The van der Waals surface area contributed by atoms with Crippen LogP contribution in [0.5, 0.6) is 0 Å². The van der Waals surface area contributed by atoms with Crippen LogP contribution >= 0.6 is 0 Å². The Morgan fingerprint density at radius 1 is 1.15 bits per heavy atom. The number of rotatable bonds is 9. The maximum absolute atomic E-state index is 6.07. The van der Waals surface area contributed by atoms with Crippen molar-refractivity contribution < 1.29 is 0 Å². The molecule has 1 fully saturated rings. The molecule has 1 atom stereocenters. The van der Waals surface area contributed by atoms with Crippen LogP contribution < -0.4 is 5.73 Å². The van der Waals surface area contributed by atoms with E-state index in [9.17, 15) is 0 Å². The SMILES string of the molecule is CC(C)CCN(C(CN)CCc1ccccc1)C1CC1. The minimum atomic E-state index is 0.557. The lowest BCUT2D eigenvalue weighted by molar-refractivity contribution is 0.171. The van der Waals surface area contributed by atoms with Crippen LogP contribution in [0.25, 0.3) is 0 Å². The molecule has 112 valence electrons. The van der Waals surface area contributed by atoms with E-state index < -0.39 is 0 Å². The highest BCUT2D eigenvalue weighted by Gasteiger charge is 2.32. The van der Waals surface area contributed by atoms with Crippen LogP contribution in [0.3, 0.4) is 0 Å². The van der Waals surface area contributed by atoms with Crippen LogP contribution in [0.1, 0.15) is 45.1 Å². The molecule has 20 heavy (non-hydrogen) atoms. The van der Waals surface area contributed by atoms with Crippen LogP contribution in [0, 0.1) is 5.92 Å². The van der Waals surface area contributed by atoms with Crippen molar-refractivity contribution in [2.24, 2.45) is 11.7 Å². The zero-order valence-electron chi connectivity index (χ0n) is 13.1. The highest BCUT2D eigenvalue weighted by atomic mass is 15.2. The van der Waals surface area contributed by atoms with E-state index in [1.807, 2.05) is 0 Å². The average molecular weight is 274 g/mol. The molecular weight excluding hydrogens is 244 g/mol.